The lowest BCUT2D eigenvalue weighted by atomic mass is 9.67. The molecule has 0 aromatic rings. The molecule has 162 valence electrons. The molecular weight excluding hydrogens is 340 g/mol. The van der Waals surface area contributed by atoms with E-state index in [0.717, 1.165) is 57.8 Å². The molecule has 1 fully saturated rings. The fourth-order valence-corrected chi connectivity index (χ4v) is 3.91. The molecular formula is C23H46O4. The molecule has 0 bridgehead atoms. The standard InChI is InChI=1S/C23H46O4/c1-10-15-21(8,12-3)24-26-23(17-14-19(5)20(6,7)18-23)27-25-22(9,13-4)16-11-2/h19H,10-18H2,1-9H3. The van der Waals surface area contributed by atoms with E-state index >= 15 is 0 Å². The topological polar surface area (TPSA) is 36.9 Å². The molecule has 4 heteroatoms. The first-order chi connectivity index (χ1) is 12.5. The third-order valence-corrected chi connectivity index (χ3v) is 6.86. The maximum atomic E-state index is 6.13. The van der Waals surface area contributed by atoms with Crippen LogP contribution >= 0.6 is 0 Å². The van der Waals surface area contributed by atoms with Gasteiger partial charge in [0.05, 0.1) is 0 Å². The zero-order chi connectivity index (χ0) is 20.8. The van der Waals surface area contributed by atoms with Crippen LogP contribution in [-0.2, 0) is 19.6 Å². The lowest BCUT2D eigenvalue weighted by Gasteiger charge is -2.47. The molecule has 1 rings (SSSR count). The van der Waals surface area contributed by atoms with Crippen LogP contribution in [-0.4, -0.2) is 17.0 Å². The molecule has 1 saturated carbocycles. The molecule has 0 amide bonds. The monoisotopic (exact) mass is 386 g/mol. The molecule has 0 aromatic heterocycles. The van der Waals surface area contributed by atoms with Crippen molar-refractivity contribution in [3.63, 3.8) is 0 Å². The fraction of sp³-hybridized carbons (Fsp3) is 1.00. The van der Waals surface area contributed by atoms with Gasteiger partial charge in [-0.05, 0) is 57.3 Å². The summed E-state index contributed by atoms with van der Waals surface area (Å²) in [4.78, 5) is 24.4. The van der Waals surface area contributed by atoms with Crippen molar-refractivity contribution < 1.29 is 19.6 Å². The second kappa shape index (κ2) is 10.0. The van der Waals surface area contributed by atoms with E-state index in [4.69, 9.17) is 19.6 Å². The van der Waals surface area contributed by atoms with Crippen molar-refractivity contribution >= 4 is 0 Å². The molecule has 1 aliphatic carbocycles. The Kier molecular flexibility index (Phi) is 9.26. The highest BCUT2D eigenvalue weighted by Crippen LogP contribution is 2.48. The van der Waals surface area contributed by atoms with Crippen LogP contribution in [0.2, 0.25) is 0 Å². The van der Waals surface area contributed by atoms with Crippen molar-refractivity contribution in [2.45, 2.75) is 137 Å². The summed E-state index contributed by atoms with van der Waals surface area (Å²) in [6.45, 7) is 19.8. The van der Waals surface area contributed by atoms with E-state index in [1.165, 1.54) is 0 Å². The van der Waals surface area contributed by atoms with E-state index < -0.39 is 5.79 Å². The zero-order valence-corrected chi connectivity index (χ0v) is 19.6. The van der Waals surface area contributed by atoms with Crippen molar-refractivity contribution in [3.05, 3.63) is 0 Å². The average molecular weight is 387 g/mol. The Morgan fingerprint density at radius 1 is 0.852 bits per heavy atom. The first-order valence-electron chi connectivity index (χ1n) is 11.2. The molecule has 4 nitrogen and oxygen atoms in total. The summed E-state index contributed by atoms with van der Waals surface area (Å²) in [5.74, 6) is -0.233. The van der Waals surface area contributed by atoms with Gasteiger partial charge in [-0.25, -0.2) is 9.78 Å². The third-order valence-electron chi connectivity index (χ3n) is 6.86. The minimum atomic E-state index is -0.843. The predicted octanol–water partition coefficient (Wildman–Crippen LogP) is 7.36. The first-order valence-corrected chi connectivity index (χ1v) is 11.2. The molecule has 0 aromatic carbocycles. The molecule has 0 aliphatic heterocycles. The van der Waals surface area contributed by atoms with E-state index in [1.807, 2.05) is 0 Å². The van der Waals surface area contributed by atoms with Crippen molar-refractivity contribution in [1.29, 1.82) is 0 Å². The van der Waals surface area contributed by atoms with Crippen LogP contribution in [0.5, 0.6) is 0 Å². The van der Waals surface area contributed by atoms with Gasteiger partial charge in [0.15, 0.2) is 0 Å². The van der Waals surface area contributed by atoms with Gasteiger partial charge in [-0.2, -0.15) is 9.78 Å². The van der Waals surface area contributed by atoms with E-state index in [0.29, 0.717) is 5.92 Å². The highest BCUT2D eigenvalue weighted by molar-refractivity contribution is 4.89. The highest BCUT2D eigenvalue weighted by atomic mass is 17.3. The summed E-state index contributed by atoms with van der Waals surface area (Å²) in [6.07, 6.45) is 8.43. The first kappa shape index (κ1) is 24.9. The van der Waals surface area contributed by atoms with Crippen LogP contribution in [0.15, 0.2) is 0 Å². The lowest BCUT2D eigenvalue weighted by molar-refractivity contribution is -0.555. The van der Waals surface area contributed by atoms with E-state index in [1.54, 1.807) is 0 Å². The Labute approximate surface area is 168 Å². The molecule has 0 N–H and O–H groups in total. The quantitative estimate of drug-likeness (QED) is 0.199. The maximum absolute atomic E-state index is 6.13. The second-order valence-electron chi connectivity index (χ2n) is 9.96. The normalized spacial score (nSPS) is 29.9. The van der Waals surface area contributed by atoms with Crippen LogP contribution in [0, 0.1) is 11.3 Å². The molecule has 0 spiro atoms. The van der Waals surface area contributed by atoms with Gasteiger partial charge in [0, 0.05) is 12.8 Å². The van der Waals surface area contributed by atoms with Crippen LogP contribution in [0.1, 0.15) is 120 Å². The van der Waals surface area contributed by atoms with E-state index in [-0.39, 0.29) is 16.6 Å². The summed E-state index contributed by atoms with van der Waals surface area (Å²) in [5, 5.41) is 0. The van der Waals surface area contributed by atoms with Crippen LogP contribution < -0.4 is 0 Å². The lowest BCUT2D eigenvalue weighted by Crippen LogP contribution is -2.49. The Balaban J connectivity index is 2.96. The largest absolute Gasteiger partial charge is 0.234 e. The third kappa shape index (κ3) is 6.99. The molecule has 3 unspecified atom stereocenters. The minimum Gasteiger partial charge on any atom is -0.227 e. The van der Waals surface area contributed by atoms with Crippen molar-refractivity contribution in [2.24, 2.45) is 11.3 Å². The molecule has 27 heavy (non-hydrogen) atoms. The Morgan fingerprint density at radius 2 is 1.30 bits per heavy atom. The fourth-order valence-electron chi connectivity index (χ4n) is 3.91. The maximum Gasteiger partial charge on any atom is 0.234 e. The smallest absolute Gasteiger partial charge is 0.227 e. The van der Waals surface area contributed by atoms with Crippen LogP contribution in [0.4, 0.5) is 0 Å². The molecule has 0 saturated heterocycles. The van der Waals surface area contributed by atoms with Gasteiger partial charge in [-0.3, -0.25) is 0 Å². The van der Waals surface area contributed by atoms with Gasteiger partial charge >= 0.3 is 0 Å². The Morgan fingerprint density at radius 3 is 1.63 bits per heavy atom. The van der Waals surface area contributed by atoms with Crippen LogP contribution in [0.25, 0.3) is 0 Å². The van der Waals surface area contributed by atoms with Gasteiger partial charge in [-0.15, -0.1) is 0 Å². The molecule has 3 atom stereocenters. The highest BCUT2D eigenvalue weighted by Gasteiger charge is 2.49. The van der Waals surface area contributed by atoms with Gasteiger partial charge in [0.2, 0.25) is 5.79 Å². The van der Waals surface area contributed by atoms with E-state index in [9.17, 15) is 0 Å². The zero-order valence-electron chi connectivity index (χ0n) is 19.6. The summed E-state index contributed by atoms with van der Waals surface area (Å²) < 4.78 is 0. The Bertz CT molecular complexity index is 412. The molecule has 0 radical (unpaired) electrons. The van der Waals surface area contributed by atoms with Crippen LogP contribution in [0.3, 0.4) is 0 Å². The second-order valence-corrected chi connectivity index (χ2v) is 9.96. The summed E-state index contributed by atoms with van der Waals surface area (Å²) in [6, 6.07) is 0. The average Bonchev–Trinajstić information content (AvgIpc) is 2.62. The van der Waals surface area contributed by atoms with Gasteiger partial charge in [0.25, 0.3) is 0 Å². The van der Waals surface area contributed by atoms with Gasteiger partial charge in [-0.1, -0.05) is 61.3 Å². The SMILES string of the molecule is CCCC(C)(CC)OOC1(OOC(C)(CC)CCC)CCC(C)C(C)(C)C1. The van der Waals surface area contributed by atoms with Crippen molar-refractivity contribution in [3.8, 4) is 0 Å². The minimum absolute atomic E-state index is 0.103. The van der Waals surface area contributed by atoms with Crippen molar-refractivity contribution in [1.82, 2.24) is 0 Å². The van der Waals surface area contributed by atoms with Crippen molar-refractivity contribution in [2.75, 3.05) is 0 Å². The number of hydrogen-bond acceptors (Lipinski definition) is 4. The summed E-state index contributed by atoms with van der Waals surface area (Å²) in [5.41, 5.74) is -0.489. The van der Waals surface area contributed by atoms with Gasteiger partial charge in [0.1, 0.15) is 11.2 Å². The number of hydrogen-bond donors (Lipinski definition) is 0. The van der Waals surface area contributed by atoms with E-state index in [2.05, 4.69) is 62.3 Å². The predicted molar refractivity (Wildman–Crippen MR) is 111 cm³/mol. The molecule has 0 heterocycles. The Hall–Kier alpha value is -0.160. The summed E-state index contributed by atoms with van der Waals surface area (Å²) >= 11 is 0. The number of rotatable bonds is 12. The van der Waals surface area contributed by atoms with Gasteiger partial charge < -0.3 is 0 Å². The summed E-state index contributed by atoms with van der Waals surface area (Å²) in [7, 11) is 0. The molecule has 1 aliphatic rings.